The highest BCUT2D eigenvalue weighted by atomic mass is 19.4. The van der Waals surface area contributed by atoms with E-state index in [1.807, 2.05) is 0 Å². The number of carbonyl (C=O) groups excluding carboxylic acids is 2. The normalized spacial score (nSPS) is 22.5. The second-order valence-corrected chi connectivity index (χ2v) is 10.7. The molecule has 3 rings (SSSR count). The minimum absolute atomic E-state index is 0.0123. The minimum Gasteiger partial charge on any atom is -0.481 e. The van der Waals surface area contributed by atoms with Gasteiger partial charge in [0, 0.05) is 25.2 Å². The maximum absolute atomic E-state index is 14.9. The van der Waals surface area contributed by atoms with Crippen LogP contribution in [-0.2, 0) is 16.1 Å². The number of methoxy groups -OCH3 is 1. The van der Waals surface area contributed by atoms with Crippen molar-refractivity contribution in [2.24, 2.45) is 5.92 Å². The highest BCUT2D eigenvalue weighted by Crippen LogP contribution is 2.38. The third-order valence-corrected chi connectivity index (χ3v) is 6.69. The van der Waals surface area contributed by atoms with Gasteiger partial charge in [-0.3, -0.25) is 9.69 Å². The molecule has 1 saturated heterocycles. The average Bonchev–Trinajstić information content (AvgIpc) is 3.29. The number of hydrogen-bond donors (Lipinski definition) is 1. The summed E-state index contributed by atoms with van der Waals surface area (Å²) in [6, 6.07) is 0.192. The second kappa shape index (κ2) is 11.3. The highest BCUT2D eigenvalue weighted by Gasteiger charge is 2.42. The van der Waals surface area contributed by atoms with Crippen LogP contribution in [0.15, 0.2) is 6.07 Å². The fourth-order valence-corrected chi connectivity index (χ4v) is 4.81. The monoisotopic (exact) mass is 532 g/mol. The zero-order valence-corrected chi connectivity index (χ0v) is 22.0. The predicted molar refractivity (Wildman–Crippen MR) is 129 cm³/mol. The molecule has 0 radical (unpaired) electrons. The first-order valence-corrected chi connectivity index (χ1v) is 12.5. The Morgan fingerprint density at radius 1 is 1.16 bits per heavy atom. The number of amides is 2. The lowest BCUT2D eigenvalue weighted by Gasteiger charge is -2.31. The van der Waals surface area contributed by atoms with Gasteiger partial charge in [0.1, 0.15) is 11.6 Å². The Kier molecular flexibility index (Phi) is 8.79. The Hall–Kier alpha value is -2.79. The summed E-state index contributed by atoms with van der Waals surface area (Å²) in [5.41, 5.74) is -0.368. The van der Waals surface area contributed by atoms with Crippen molar-refractivity contribution < 1.29 is 36.6 Å². The molecule has 1 saturated carbocycles. The molecular weight excluding hydrogens is 496 g/mol. The summed E-state index contributed by atoms with van der Waals surface area (Å²) in [4.78, 5) is 32.7. The summed E-state index contributed by atoms with van der Waals surface area (Å²) < 4.78 is 64.5. The van der Waals surface area contributed by atoms with Gasteiger partial charge in [0.2, 0.25) is 11.8 Å². The molecule has 2 heterocycles. The fraction of sp³-hybridized carbons (Fsp3) is 0.720. The maximum Gasteiger partial charge on any atom is 0.410 e. The van der Waals surface area contributed by atoms with Crippen molar-refractivity contribution in [1.29, 1.82) is 0 Å². The van der Waals surface area contributed by atoms with Crippen LogP contribution in [0.2, 0.25) is 0 Å². The first-order chi connectivity index (χ1) is 17.2. The van der Waals surface area contributed by atoms with Crippen LogP contribution < -0.4 is 10.1 Å². The van der Waals surface area contributed by atoms with E-state index in [-0.39, 0.29) is 55.9 Å². The Labute approximate surface area is 214 Å². The van der Waals surface area contributed by atoms with Crippen LogP contribution in [0.5, 0.6) is 5.88 Å². The number of hydrogen-bond acceptors (Lipinski definition) is 6. The number of rotatable bonds is 6. The number of aromatic nitrogens is 1. The number of nitrogens with one attached hydrogen (secondary N) is 1. The molecule has 208 valence electrons. The molecule has 0 bridgehead atoms. The SMILES string of the molecule is COc1nc(NC2CCC(C(F)(F)F)CC2)c(F)cc1CN(C)C(=O)[C@@H]1CCCN1C(=O)OC(C)(C)C. The molecule has 0 aromatic carbocycles. The second-order valence-electron chi connectivity index (χ2n) is 10.7. The van der Waals surface area contributed by atoms with E-state index >= 15 is 0 Å². The lowest BCUT2D eigenvalue weighted by Crippen LogP contribution is -2.47. The molecule has 37 heavy (non-hydrogen) atoms. The zero-order valence-electron chi connectivity index (χ0n) is 22.0. The van der Waals surface area contributed by atoms with Crippen LogP contribution in [0.25, 0.3) is 0 Å². The number of anilines is 1. The predicted octanol–water partition coefficient (Wildman–Crippen LogP) is 5.12. The van der Waals surface area contributed by atoms with E-state index < -0.39 is 35.6 Å². The minimum atomic E-state index is -4.22. The van der Waals surface area contributed by atoms with Gasteiger partial charge < -0.3 is 19.7 Å². The van der Waals surface area contributed by atoms with Crippen molar-refractivity contribution in [2.45, 2.75) is 89.7 Å². The number of likely N-dealkylation sites (N-methyl/N-ethyl adjacent to an activating group) is 1. The molecule has 0 unspecified atom stereocenters. The van der Waals surface area contributed by atoms with Gasteiger partial charge in [0.25, 0.3) is 0 Å². The number of halogens is 4. The lowest BCUT2D eigenvalue weighted by molar-refractivity contribution is -0.182. The van der Waals surface area contributed by atoms with Gasteiger partial charge in [-0.2, -0.15) is 18.2 Å². The maximum atomic E-state index is 14.9. The molecule has 1 N–H and O–H groups in total. The number of likely N-dealkylation sites (tertiary alicyclic amines) is 1. The molecule has 1 aliphatic carbocycles. The Morgan fingerprint density at radius 2 is 1.81 bits per heavy atom. The van der Waals surface area contributed by atoms with Crippen LogP contribution in [0.3, 0.4) is 0 Å². The van der Waals surface area contributed by atoms with Crippen LogP contribution in [0.1, 0.15) is 64.9 Å². The third kappa shape index (κ3) is 7.38. The topological polar surface area (TPSA) is 84.0 Å². The van der Waals surface area contributed by atoms with E-state index in [1.54, 1.807) is 27.8 Å². The molecule has 2 aliphatic rings. The van der Waals surface area contributed by atoms with Gasteiger partial charge in [-0.25, -0.2) is 9.18 Å². The quantitative estimate of drug-likeness (QED) is 0.512. The number of pyridine rings is 1. The van der Waals surface area contributed by atoms with Crippen LogP contribution in [0, 0.1) is 11.7 Å². The van der Waals surface area contributed by atoms with Crippen molar-refractivity contribution >= 4 is 17.8 Å². The molecule has 1 aromatic rings. The van der Waals surface area contributed by atoms with Crippen molar-refractivity contribution in [3.8, 4) is 5.88 Å². The van der Waals surface area contributed by atoms with E-state index in [1.165, 1.54) is 23.0 Å². The Bertz CT molecular complexity index is 975. The van der Waals surface area contributed by atoms with E-state index in [2.05, 4.69) is 10.3 Å². The van der Waals surface area contributed by atoms with Crippen molar-refractivity contribution in [3.05, 3.63) is 17.4 Å². The average molecular weight is 533 g/mol. The zero-order chi connectivity index (χ0) is 27.5. The number of carbonyl (C=O) groups is 2. The molecule has 2 amide bonds. The van der Waals surface area contributed by atoms with E-state index in [0.29, 0.717) is 24.9 Å². The summed E-state index contributed by atoms with van der Waals surface area (Å²) in [5.74, 6) is -2.33. The number of alkyl halides is 3. The van der Waals surface area contributed by atoms with Gasteiger partial charge in [0.15, 0.2) is 11.6 Å². The summed E-state index contributed by atoms with van der Waals surface area (Å²) in [5, 5.41) is 2.91. The summed E-state index contributed by atoms with van der Waals surface area (Å²) >= 11 is 0. The van der Waals surface area contributed by atoms with Gasteiger partial charge in [0.05, 0.1) is 19.6 Å². The molecular formula is C25H36F4N4O4. The van der Waals surface area contributed by atoms with Gasteiger partial charge >= 0.3 is 12.3 Å². The molecule has 1 aromatic heterocycles. The molecule has 2 fully saturated rings. The first-order valence-electron chi connectivity index (χ1n) is 12.5. The smallest absolute Gasteiger partial charge is 0.410 e. The molecule has 1 atom stereocenters. The van der Waals surface area contributed by atoms with Crippen LogP contribution in [0.4, 0.5) is 28.2 Å². The molecule has 0 spiro atoms. The van der Waals surface area contributed by atoms with Gasteiger partial charge in [-0.15, -0.1) is 0 Å². The van der Waals surface area contributed by atoms with Crippen molar-refractivity contribution in [1.82, 2.24) is 14.8 Å². The van der Waals surface area contributed by atoms with Crippen molar-refractivity contribution in [2.75, 3.05) is 26.0 Å². The van der Waals surface area contributed by atoms with Gasteiger partial charge in [-0.1, -0.05) is 0 Å². The van der Waals surface area contributed by atoms with Crippen molar-refractivity contribution in [3.63, 3.8) is 0 Å². The number of ether oxygens (including phenoxy) is 2. The summed E-state index contributed by atoms with van der Waals surface area (Å²) in [6.45, 7) is 5.66. The van der Waals surface area contributed by atoms with Gasteiger partial charge in [-0.05, 0) is 65.4 Å². The van der Waals surface area contributed by atoms with E-state index in [9.17, 15) is 27.2 Å². The fourth-order valence-electron chi connectivity index (χ4n) is 4.81. The summed E-state index contributed by atoms with van der Waals surface area (Å²) in [7, 11) is 2.92. The Balaban J connectivity index is 1.66. The van der Waals surface area contributed by atoms with Crippen LogP contribution >= 0.6 is 0 Å². The molecule has 1 aliphatic heterocycles. The Morgan fingerprint density at radius 3 is 2.38 bits per heavy atom. The van der Waals surface area contributed by atoms with Crippen LogP contribution in [-0.4, -0.2) is 71.3 Å². The molecule has 12 heteroatoms. The largest absolute Gasteiger partial charge is 0.481 e. The standard InChI is InChI=1S/C25H36F4N4O4/c1-24(2,3)37-23(35)33-12-6-7-19(33)22(34)32(4)14-15-13-18(26)20(31-21(15)36-5)30-17-10-8-16(9-11-17)25(27,28)29/h13,16-17,19H,6-12,14H2,1-5H3,(H,30,31)/t16?,17?,19-/m0/s1. The third-order valence-electron chi connectivity index (χ3n) is 6.69. The highest BCUT2D eigenvalue weighted by molar-refractivity contribution is 5.86. The molecule has 8 nitrogen and oxygen atoms in total. The number of nitrogens with zero attached hydrogens (tertiary/aromatic N) is 3. The van der Waals surface area contributed by atoms with E-state index in [0.717, 1.165) is 0 Å². The first kappa shape index (κ1) is 28.8. The van der Waals surface area contributed by atoms with E-state index in [4.69, 9.17) is 9.47 Å². The summed E-state index contributed by atoms with van der Waals surface area (Å²) in [6.07, 6.45) is -3.16. The lowest BCUT2D eigenvalue weighted by atomic mass is 9.85.